The average Bonchev–Trinajstić information content (AvgIpc) is 2.77. The topological polar surface area (TPSA) is 104 Å². The third kappa shape index (κ3) is 4.33. The van der Waals surface area contributed by atoms with Crippen molar-refractivity contribution in [2.24, 2.45) is 0 Å². The maximum Gasteiger partial charge on any atom is 0.293 e. The molecule has 0 saturated carbocycles. The van der Waals surface area contributed by atoms with Gasteiger partial charge in [-0.05, 0) is 44.3 Å². The Morgan fingerprint density at radius 2 is 1.97 bits per heavy atom. The zero-order chi connectivity index (χ0) is 22.0. The molecule has 1 fully saturated rings. The van der Waals surface area contributed by atoms with E-state index in [2.05, 4.69) is 27.1 Å². The lowest BCUT2D eigenvalue weighted by molar-refractivity contribution is -0.383. The Morgan fingerprint density at radius 1 is 1.19 bits per heavy atom. The van der Waals surface area contributed by atoms with E-state index in [1.165, 1.54) is 13.2 Å². The summed E-state index contributed by atoms with van der Waals surface area (Å²) in [5.41, 5.74) is 0.996. The van der Waals surface area contributed by atoms with Gasteiger partial charge in [-0.15, -0.1) is 0 Å². The van der Waals surface area contributed by atoms with Crippen molar-refractivity contribution < 1.29 is 9.66 Å². The Kier molecular flexibility index (Phi) is 6.06. The van der Waals surface area contributed by atoms with E-state index >= 15 is 0 Å². The van der Waals surface area contributed by atoms with Crippen LogP contribution in [-0.4, -0.2) is 73.1 Å². The highest BCUT2D eigenvalue weighted by atomic mass is 16.6. The summed E-state index contributed by atoms with van der Waals surface area (Å²) in [6, 6.07) is 8.14. The van der Waals surface area contributed by atoms with Gasteiger partial charge in [0.1, 0.15) is 11.3 Å². The largest absolute Gasteiger partial charge is 0.497 e. The van der Waals surface area contributed by atoms with Crippen LogP contribution in [0, 0.1) is 10.1 Å². The number of benzene rings is 2. The molecule has 9 nitrogen and oxygen atoms in total. The smallest absolute Gasteiger partial charge is 0.293 e. The number of ether oxygens (including phenoxy) is 1. The number of anilines is 1. The molecule has 31 heavy (non-hydrogen) atoms. The number of aromatic nitrogens is 1. The maximum atomic E-state index is 13.3. The molecule has 1 aromatic heterocycles. The first-order chi connectivity index (χ1) is 15.0. The number of rotatable bonds is 7. The summed E-state index contributed by atoms with van der Waals surface area (Å²) < 4.78 is 5.24. The Bertz CT molecular complexity index is 1170. The summed E-state index contributed by atoms with van der Waals surface area (Å²) in [4.78, 5) is 32.3. The first kappa shape index (κ1) is 21.1. The Labute approximate surface area is 179 Å². The normalized spacial score (nSPS) is 15.4. The number of H-pyrrole nitrogens is 1. The standard InChI is InChI=1S/C22H27N5O4/c1-25-10-12-26(13-11-25)9-3-8-23-18-6-7-19(27(29)30)21-20(18)22(28)16-14-15(31-2)4-5-17(16)24-21/h4-7,14,23H,3,8-13H2,1-2H3,(H,24,28). The number of pyridine rings is 1. The molecule has 0 bridgehead atoms. The van der Waals surface area contributed by atoms with Gasteiger partial charge < -0.3 is 24.8 Å². The van der Waals surface area contributed by atoms with Crippen LogP contribution in [0.2, 0.25) is 0 Å². The summed E-state index contributed by atoms with van der Waals surface area (Å²) in [6.45, 7) is 5.92. The van der Waals surface area contributed by atoms with Gasteiger partial charge in [0.05, 0.1) is 22.9 Å². The molecular formula is C22H27N5O4. The molecule has 0 radical (unpaired) electrons. The summed E-state index contributed by atoms with van der Waals surface area (Å²) in [6.07, 6.45) is 0.918. The van der Waals surface area contributed by atoms with Gasteiger partial charge in [-0.1, -0.05) is 0 Å². The minimum Gasteiger partial charge on any atom is -0.497 e. The van der Waals surface area contributed by atoms with E-state index < -0.39 is 4.92 Å². The molecule has 9 heteroatoms. The summed E-state index contributed by atoms with van der Waals surface area (Å²) in [7, 11) is 3.67. The van der Waals surface area contributed by atoms with Crippen molar-refractivity contribution in [3.63, 3.8) is 0 Å². The fourth-order valence-electron chi connectivity index (χ4n) is 4.07. The number of non-ortho nitro benzene ring substituents is 1. The molecule has 0 amide bonds. The van der Waals surface area contributed by atoms with Crippen molar-refractivity contribution in [3.8, 4) is 5.75 Å². The minimum atomic E-state index is -0.467. The highest BCUT2D eigenvalue weighted by Crippen LogP contribution is 2.30. The van der Waals surface area contributed by atoms with E-state index in [0.29, 0.717) is 34.3 Å². The lowest BCUT2D eigenvalue weighted by Crippen LogP contribution is -2.44. The molecule has 164 valence electrons. The number of nitro benzene ring substituents is 1. The van der Waals surface area contributed by atoms with Gasteiger partial charge in [-0.3, -0.25) is 14.9 Å². The van der Waals surface area contributed by atoms with Crippen LogP contribution in [0.25, 0.3) is 21.8 Å². The van der Waals surface area contributed by atoms with Crippen LogP contribution in [-0.2, 0) is 0 Å². The van der Waals surface area contributed by atoms with Crippen LogP contribution >= 0.6 is 0 Å². The average molecular weight is 425 g/mol. The van der Waals surface area contributed by atoms with E-state index in [9.17, 15) is 14.9 Å². The number of aromatic amines is 1. The predicted molar refractivity (Wildman–Crippen MR) is 122 cm³/mol. The molecule has 1 aliphatic heterocycles. The van der Waals surface area contributed by atoms with Gasteiger partial charge in [-0.2, -0.15) is 0 Å². The molecule has 1 aliphatic rings. The van der Waals surface area contributed by atoms with Gasteiger partial charge in [0.25, 0.3) is 5.69 Å². The molecular weight excluding hydrogens is 398 g/mol. The second-order valence-corrected chi connectivity index (χ2v) is 7.93. The third-order valence-electron chi connectivity index (χ3n) is 5.90. The zero-order valence-electron chi connectivity index (χ0n) is 17.8. The number of nitrogens with one attached hydrogen (secondary N) is 2. The van der Waals surface area contributed by atoms with Gasteiger partial charge in [-0.25, -0.2) is 0 Å². The second kappa shape index (κ2) is 8.91. The second-order valence-electron chi connectivity index (χ2n) is 7.93. The summed E-state index contributed by atoms with van der Waals surface area (Å²) in [5.74, 6) is 0.560. The fourth-order valence-corrected chi connectivity index (χ4v) is 4.07. The summed E-state index contributed by atoms with van der Waals surface area (Å²) in [5, 5.41) is 15.6. The SMILES string of the molecule is COc1ccc2[nH]c3c([N+](=O)[O-])ccc(NCCCN4CCN(C)CC4)c3c(=O)c2c1. The molecule has 3 aromatic rings. The van der Waals surface area contributed by atoms with Crippen LogP contribution in [0.4, 0.5) is 11.4 Å². The first-order valence-corrected chi connectivity index (χ1v) is 10.4. The van der Waals surface area contributed by atoms with Gasteiger partial charge in [0, 0.05) is 49.9 Å². The Morgan fingerprint density at radius 3 is 2.68 bits per heavy atom. The molecule has 0 aliphatic carbocycles. The van der Waals surface area contributed by atoms with Gasteiger partial charge >= 0.3 is 0 Å². The maximum absolute atomic E-state index is 13.3. The number of nitro groups is 1. The lowest BCUT2D eigenvalue weighted by atomic mass is 10.1. The van der Waals surface area contributed by atoms with Crippen molar-refractivity contribution in [2.45, 2.75) is 6.42 Å². The van der Waals surface area contributed by atoms with Gasteiger partial charge in [0.2, 0.25) is 0 Å². The quantitative estimate of drug-likeness (QED) is 0.260. The number of hydrogen-bond acceptors (Lipinski definition) is 7. The number of hydrogen-bond donors (Lipinski definition) is 2. The molecule has 2 aromatic carbocycles. The van der Waals surface area contributed by atoms with Crippen molar-refractivity contribution in [2.75, 3.05) is 58.7 Å². The molecule has 0 atom stereocenters. The van der Waals surface area contributed by atoms with Crippen molar-refractivity contribution in [1.82, 2.24) is 14.8 Å². The van der Waals surface area contributed by atoms with Crippen LogP contribution in [0.1, 0.15) is 6.42 Å². The molecule has 0 unspecified atom stereocenters. The highest BCUT2D eigenvalue weighted by Gasteiger charge is 2.20. The monoisotopic (exact) mass is 425 g/mol. The van der Waals surface area contributed by atoms with Crippen molar-refractivity contribution in [1.29, 1.82) is 0 Å². The van der Waals surface area contributed by atoms with Gasteiger partial charge in [0.15, 0.2) is 5.43 Å². The molecule has 1 saturated heterocycles. The molecule has 2 N–H and O–H groups in total. The minimum absolute atomic E-state index is 0.118. The van der Waals surface area contributed by atoms with E-state index in [1.54, 1.807) is 24.3 Å². The van der Waals surface area contributed by atoms with E-state index in [0.717, 1.165) is 39.1 Å². The number of piperazine rings is 1. The molecule has 4 rings (SSSR count). The molecule has 2 heterocycles. The van der Waals surface area contributed by atoms with E-state index in [1.807, 2.05) is 0 Å². The fraction of sp³-hybridized carbons (Fsp3) is 0.409. The highest BCUT2D eigenvalue weighted by molar-refractivity contribution is 6.03. The van der Waals surface area contributed by atoms with E-state index in [4.69, 9.17) is 4.74 Å². The number of likely N-dealkylation sites (N-methyl/N-ethyl adjacent to an activating group) is 1. The Balaban J connectivity index is 1.63. The third-order valence-corrected chi connectivity index (χ3v) is 5.90. The lowest BCUT2D eigenvalue weighted by Gasteiger charge is -2.32. The zero-order valence-corrected chi connectivity index (χ0v) is 17.8. The molecule has 0 spiro atoms. The Hall–Kier alpha value is -3.17. The van der Waals surface area contributed by atoms with Crippen LogP contribution < -0.4 is 15.5 Å². The van der Waals surface area contributed by atoms with E-state index in [-0.39, 0.29) is 16.6 Å². The van der Waals surface area contributed by atoms with Crippen molar-refractivity contribution >= 4 is 33.2 Å². The van der Waals surface area contributed by atoms with Crippen LogP contribution in [0.5, 0.6) is 5.75 Å². The number of methoxy groups -OCH3 is 1. The van der Waals surface area contributed by atoms with Crippen molar-refractivity contribution in [3.05, 3.63) is 50.7 Å². The predicted octanol–water partition coefficient (Wildman–Crippen LogP) is 2.65. The summed E-state index contributed by atoms with van der Waals surface area (Å²) >= 11 is 0. The number of nitrogens with zero attached hydrogens (tertiary/aromatic N) is 3. The first-order valence-electron chi connectivity index (χ1n) is 10.4. The number of fused-ring (bicyclic) bond motifs is 2. The van der Waals surface area contributed by atoms with Crippen LogP contribution in [0.15, 0.2) is 35.1 Å². The van der Waals surface area contributed by atoms with Crippen LogP contribution in [0.3, 0.4) is 0 Å².